The second-order valence-corrected chi connectivity index (χ2v) is 5.54. The lowest BCUT2D eigenvalue weighted by Gasteiger charge is -2.09. The number of hydrogen-bond acceptors (Lipinski definition) is 7. The van der Waals surface area contributed by atoms with E-state index < -0.39 is 12.6 Å². The number of carbonyl (C=O) groups excluding carboxylic acids is 2. The summed E-state index contributed by atoms with van der Waals surface area (Å²) in [5.74, 6) is 1.19. The number of carbonyl (C=O) groups is 2. The van der Waals surface area contributed by atoms with Gasteiger partial charge in [0.05, 0.1) is 19.8 Å². The Labute approximate surface area is 156 Å². The molecular weight excluding hydrogens is 352 g/mol. The van der Waals surface area contributed by atoms with E-state index in [1.165, 1.54) is 20.3 Å². The molecule has 140 valence electrons. The highest BCUT2D eigenvalue weighted by molar-refractivity contribution is 6.01. The number of Topliss-reactive ketones (excluding diaryl/α,β-unsaturated/α-hetero) is 1. The molecule has 0 fully saturated rings. The Morgan fingerprint density at radius 3 is 2.63 bits per heavy atom. The van der Waals surface area contributed by atoms with Crippen molar-refractivity contribution < 1.29 is 33.3 Å². The maximum atomic E-state index is 12.3. The van der Waals surface area contributed by atoms with Crippen LogP contribution in [-0.2, 0) is 9.53 Å². The molecule has 0 unspecified atom stereocenters. The van der Waals surface area contributed by atoms with Crippen molar-refractivity contribution in [3.8, 4) is 23.0 Å². The van der Waals surface area contributed by atoms with Crippen molar-refractivity contribution in [2.45, 2.75) is 0 Å². The van der Waals surface area contributed by atoms with Gasteiger partial charge < -0.3 is 23.7 Å². The Bertz CT molecular complexity index is 886. The number of hydrogen-bond donors (Lipinski definition) is 0. The first-order chi connectivity index (χ1) is 13.1. The third-order valence-corrected chi connectivity index (χ3v) is 3.86. The lowest BCUT2D eigenvalue weighted by atomic mass is 10.1. The lowest BCUT2D eigenvalue weighted by Crippen LogP contribution is -2.13. The number of esters is 1. The van der Waals surface area contributed by atoms with E-state index in [1.807, 2.05) is 0 Å². The summed E-state index contributed by atoms with van der Waals surface area (Å²) in [5, 5.41) is 0. The molecule has 0 spiro atoms. The van der Waals surface area contributed by atoms with Crippen LogP contribution in [0.2, 0.25) is 0 Å². The van der Waals surface area contributed by atoms with Crippen LogP contribution >= 0.6 is 0 Å². The van der Waals surface area contributed by atoms with E-state index >= 15 is 0 Å². The van der Waals surface area contributed by atoms with E-state index in [4.69, 9.17) is 23.7 Å². The van der Waals surface area contributed by atoms with E-state index in [-0.39, 0.29) is 12.6 Å². The number of rotatable bonds is 7. The molecule has 0 amide bonds. The summed E-state index contributed by atoms with van der Waals surface area (Å²) in [6, 6.07) is 10.1. The van der Waals surface area contributed by atoms with Crippen LogP contribution in [-0.4, -0.2) is 39.4 Å². The zero-order valence-corrected chi connectivity index (χ0v) is 14.9. The molecule has 1 aliphatic heterocycles. The molecule has 0 atom stereocenters. The summed E-state index contributed by atoms with van der Waals surface area (Å²) in [5.41, 5.74) is 1.06. The fourth-order valence-electron chi connectivity index (χ4n) is 2.47. The van der Waals surface area contributed by atoms with Gasteiger partial charge in [-0.05, 0) is 35.9 Å². The Balaban J connectivity index is 1.58. The van der Waals surface area contributed by atoms with E-state index in [2.05, 4.69) is 0 Å². The van der Waals surface area contributed by atoms with Crippen molar-refractivity contribution >= 4 is 17.8 Å². The van der Waals surface area contributed by atoms with E-state index in [0.717, 1.165) is 5.56 Å². The summed E-state index contributed by atoms with van der Waals surface area (Å²) in [6.07, 6.45) is 2.82. The first-order valence-electron chi connectivity index (χ1n) is 8.10. The molecule has 1 aliphatic rings. The maximum Gasteiger partial charge on any atom is 0.331 e. The molecule has 2 aromatic rings. The quantitative estimate of drug-likeness (QED) is 0.421. The van der Waals surface area contributed by atoms with Gasteiger partial charge in [0.15, 0.2) is 18.1 Å². The molecule has 0 aromatic heterocycles. The summed E-state index contributed by atoms with van der Waals surface area (Å²) >= 11 is 0. The van der Waals surface area contributed by atoms with Gasteiger partial charge in [0.25, 0.3) is 0 Å². The highest BCUT2D eigenvalue weighted by Gasteiger charge is 2.15. The van der Waals surface area contributed by atoms with Gasteiger partial charge in [-0.1, -0.05) is 6.07 Å². The molecule has 0 saturated carbocycles. The summed E-state index contributed by atoms with van der Waals surface area (Å²) in [4.78, 5) is 24.2. The first kappa shape index (κ1) is 18.3. The van der Waals surface area contributed by atoms with Crippen LogP contribution in [0.4, 0.5) is 0 Å². The fraction of sp³-hybridized carbons (Fsp3) is 0.200. The van der Waals surface area contributed by atoms with Crippen LogP contribution in [0.1, 0.15) is 15.9 Å². The Kier molecular flexibility index (Phi) is 5.61. The maximum absolute atomic E-state index is 12.3. The van der Waals surface area contributed by atoms with Crippen LogP contribution in [0.3, 0.4) is 0 Å². The van der Waals surface area contributed by atoms with Crippen molar-refractivity contribution in [1.29, 1.82) is 0 Å². The summed E-state index contributed by atoms with van der Waals surface area (Å²) < 4.78 is 25.8. The van der Waals surface area contributed by atoms with Crippen molar-refractivity contribution in [1.82, 2.24) is 0 Å². The molecular formula is C20H18O7. The van der Waals surface area contributed by atoms with Gasteiger partial charge >= 0.3 is 5.97 Å². The molecule has 3 rings (SSSR count). The van der Waals surface area contributed by atoms with E-state index in [9.17, 15) is 9.59 Å². The Morgan fingerprint density at radius 2 is 1.85 bits per heavy atom. The summed E-state index contributed by atoms with van der Waals surface area (Å²) in [7, 11) is 2.97. The predicted octanol–water partition coefficient (Wildman–Crippen LogP) is 2.87. The normalized spacial score (nSPS) is 12.1. The van der Waals surface area contributed by atoms with Crippen LogP contribution in [0, 0.1) is 0 Å². The van der Waals surface area contributed by atoms with Crippen molar-refractivity contribution in [3.63, 3.8) is 0 Å². The van der Waals surface area contributed by atoms with Gasteiger partial charge in [0.1, 0.15) is 11.5 Å². The van der Waals surface area contributed by atoms with Crippen molar-refractivity contribution in [3.05, 3.63) is 53.6 Å². The van der Waals surface area contributed by atoms with Gasteiger partial charge in [-0.25, -0.2) is 4.79 Å². The van der Waals surface area contributed by atoms with Gasteiger partial charge in [-0.3, -0.25) is 4.79 Å². The minimum Gasteiger partial charge on any atom is -0.497 e. The molecule has 27 heavy (non-hydrogen) atoms. The zero-order valence-electron chi connectivity index (χ0n) is 14.9. The molecule has 0 radical (unpaired) electrons. The summed E-state index contributed by atoms with van der Waals surface area (Å²) in [6.45, 7) is -0.214. The van der Waals surface area contributed by atoms with Crippen LogP contribution in [0.15, 0.2) is 42.5 Å². The number of benzene rings is 2. The molecule has 0 bridgehead atoms. The largest absolute Gasteiger partial charge is 0.497 e. The van der Waals surface area contributed by atoms with Crippen molar-refractivity contribution in [2.75, 3.05) is 27.6 Å². The average Bonchev–Trinajstić information content (AvgIpc) is 3.17. The monoisotopic (exact) mass is 370 g/mol. The number of ketones is 1. The zero-order chi connectivity index (χ0) is 19.2. The molecule has 7 nitrogen and oxygen atoms in total. The molecule has 0 saturated heterocycles. The van der Waals surface area contributed by atoms with Gasteiger partial charge in [0.2, 0.25) is 12.6 Å². The van der Waals surface area contributed by atoms with Gasteiger partial charge in [-0.15, -0.1) is 0 Å². The first-order valence-corrected chi connectivity index (χ1v) is 8.10. The highest BCUT2D eigenvalue weighted by atomic mass is 16.7. The Hall–Kier alpha value is -3.48. The third-order valence-electron chi connectivity index (χ3n) is 3.86. The van der Waals surface area contributed by atoms with E-state index in [1.54, 1.807) is 42.5 Å². The molecule has 0 aliphatic carbocycles. The number of methoxy groups -OCH3 is 2. The fourth-order valence-corrected chi connectivity index (χ4v) is 2.47. The topological polar surface area (TPSA) is 80.3 Å². The number of ether oxygens (including phenoxy) is 5. The van der Waals surface area contributed by atoms with Crippen molar-refractivity contribution in [2.24, 2.45) is 0 Å². The highest BCUT2D eigenvalue weighted by Crippen LogP contribution is 2.32. The molecule has 2 aromatic carbocycles. The van der Waals surface area contributed by atoms with E-state index in [0.29, 0.717) is 28.6 Å². The molecule has 1 heterocycles. The van der Waals surface area contributed by atoms with Gasteiger partial charge in [-0.2, -0.15) is 0 Å². The SMILES string of the molecule is COc1ccc(C(=O)COC(=O)C=Cc2ccc3c(c2)OCO3)c(OC)c1. The third kappa shape index (κ3) is 4.38. The smallest absolute Gasteiger partial charge is 0.331 e. The second-order valence-electron chi connectivity index (χ2n) is 5.54. The minimum absolute atomic E-state index is 0.182. The van der Waals surface area contributed by atoms with Crippen LogP contribution < -0.4 is 18.9 Å². The minimum atomic E-state index is -0.631. The van der Waals surface area contributed by atoms with Crippen LogP contribution in [0.25, 0.3) is 6.08 Å². The predicted molar refractivity (Wildman–Crippen MR) is 96.4 cm³/mol. The number of fused-ring (bicyclic) bond motifs is 1. The standard InChI is InChI=1S/C20H18O7/c1-23-14-5-6-15(18(10-14)24-2)16(21)11-25-20(22)8-4-13-3-7-17-19(9-13)27-12-26-17/h3-10H,11-12H2,1-2H3. The van der Waals surface area contributed by atoms with Crippen LogP contribution in [0.5, 0.6) is 23.0 Å². The average molecular weight is 370 g/mol. The molecule has 0 N–H and O–H groups in total. The second kappa shape index (κ2) is 8.27. The lowest BCUT2D eigenvalue weighted by molar-refractivity contribution is -0.136. The van der Waals surface area contributed by atoms with Gasteiger partial charge in [0, 0.05) is 12.1 Å². The Morgan fingerprint density at radius 1 is 1.04 bits per heavy atom. The molecule has 7 heteroatoms.